The van der Waals surface area contributed by atoms with Crippen LogP contribution < -0.4 is 0 Å². The molecule has 0 N–H and O–H groups in total. The molecule has 0 saturated heterocycles. The number of carbonyl (C=O) groups is 2. The first-order chi connectivity index (χ1) is 12.8. The van der Waals surface area contributed by atoms with E-state index in [0.717, 1.165) is 0 Å². The summed E-state index contributed by atoms with van der Waals surface area (Å²) in [6, 6.07) is 0. The number of hydrogen-bond acceptors (Lipinski definition) is 6. The van der Waals surface area contributed by atoms with Crippen LogP contribution in [0.25, 0.3) is 0 Å². The fourth-order valence-corrected chi connectivity index (χ4v) is 1.29. The highest BCUT2D eigenvalue weighted by Crippen LogP contribution is 1.88. The molecule has 0 radical (unpaired) electrons. The lowest BCUT2D eigenvalue weighted by Gasteiger charge is -1.87. The average Bonchev–Trinajstić information content (AvgIpc) is 2.59. The lowest BCUT2D eigenvalue weighted by atomic mass is 10.2. The van der Waals surface area contributed by atoms with Gasteiger partial charge in [-0.1, -0.05) is 133 Å². The Morgan fingerprint density at radius 2 is 0.611 bits per heavy atom. The van der Waals surface area contributed by atoms with Crippen LogP contribution in [-0.4, -0.2) is 53.6 Å². The molecular formula is C30H84O6. The molecule has 6 nitrogen and oxygen atoms in total. The van der Waals surface area contributed by atoms with Gasteiger partial charge in [0, 0.05) is 28.4 Å². The summed E-state index contributed by atoms with van der Waals surface area (Å²) in [5.41, 5.74) is 0. The van der Waals surface area contributed by atoms with E-state index in [9.17, 15) is 9.59 Å². The van der Waals surface area contributed by atoms with Gasteiger partial charge in [-0.15, -0.1) is 0 Å². The van der Waals surface area contributed by atoms with Gasteiger partial charge in [0.25, 0.3) is 0 Å². The second-order valence-corrected chi connectivity index (χ2v) is 5.68. The van der Waals surface area contributed by atoms with Crippen LogP contribution in [0.2, 0.25) is 0 Å². The predicted octanol–water partition coefficient (Wildman–Crippen LogP) is 11.1. The zero-order valence-electron chi connectivity index (χ0n) is 19.8. The maximum atomic E-state index is 10.0. The van der Waals surface area contributed by atoms with E-state index in [1.807, 2.05) is 0 Å². The maximum absolute atomic E-state index is 10.0. The van der Waals surface area contributed by atoms with Crippen molar-refractivity contribution in [3.63, 3.8) is 0 Å². The van der Waals surface area contributed by atoms with Gasteiger partial charge >= 0.3 is 0 Å². The van der Waals surface area contributed by atoms with Crippen LogP contribution in [0.1, 0.15) is 153 Å². The highest BCUT2D eigenvalue weighted by Gasteiger charge is 1.94. The molecule has 0 amide bonds. The van der Waals surface area contributed by atoms with Crippen LogP contribution in [0.4, 0.5) is 0 Å². The first kappa shape index (κ1) is 91.6. The lowest BCUT2D eigenvalue weighted by Crippen LogP contribution is -1.97. The van der Waals surface area contributed by atoms with Gasteiger partial charge in [-0.3, -0.25) is 9.59 Å². The van der Waals surface area contributed by atoms with Crippen molar-refractivity contribution in [3.8, 4) is 0 Å². The number of unbranched alkanes of at least 4 members (excludes halogenated alkanes) is 4. The Kier molecular flexibility index (Phi) is 290. The standard InChI is InChI=1S/C5H8O2.2C5H12.2C3H8O2.9CH4/c1-4(6)3-5(2)7;2*1-3-5-4-2;2*1-4-3-5-2;;;;;;;;;/h3H2,1-2H3;2*3-5H2,1-2H3;2*3H2,1-2H3;9*1H4. The Bertz CT molecular complexity index is 204. The zero-order valence-corrected chi connectivity index (χ0v) is 19.8. The quantitative estimate of drug-likeness (QED) is 0.203. The SMILES string of the molecule is C.C.C.C.C.C.C.C.C.CC(=O)CC(C)=O.CCCCC.CCCCC.COCOC.COCOC. The average molecular weight is 541 g/mol. The smallest absolute Gasteiger partial charge is 0.145 e. The molecule has 0 aliphatic rings. The summed E-state index contributed by atoms with van der Waals surface area (Å²) < 4.78 is 17.9. The van der Waals surface area contributed by atoms with Crippen molar-refractivity contribution in [1.29, 1.82) is 0 Å². The summed E-state index contributed by atoms with van der Waals surface area (Å²) in [6.07, 6.45) is 8.24. The van der Waals surface area contributed by atoms with Gasteiger partial charge in [0.15, 0.2) is 0 Å². The van der Waals surface area contributed by atoms with E-state index < -0.39 is 0 Å². The van der Waals surface area contributed by atoms with E-state index in [1.54, 1.807) is 28.4 Å². The van der Waals surface area contributed by atoms with Gasteiger partial charge in [0.2, 0.25) is 0 Å². The molecule has 6 heteroatoms. The number of methoxy groups -OCH3 is 4. The summed E-state index contributed by atoms with van der Waals surface area (Å²) in [7, 11) is 6.35. The Morgan fingerprint density at radius 3 is 0.611 bits per heavy atom. The number of hydrogen-bond donors (Lipinski definition) is 0. The highest BCUT2D eigenvalue weighted by molar-refractivity contribution is 5.96. The highest BCUT2D eigenvalue weighted by atomic mass is 16.7. The third-order valence-electron chi connectivity index (χ3n) is 2.38. The fraction of sp³-hybridized carbons (Fsp3) is 0.933. The third-order valence-corrected chi connectivity index (χ3v) is 2.38. The first-order valence-electron chi connectivity index (χ1n) is 9.73. The Hall–Kier alpha value is -0.820. The number of ketones is 2. The van der Waals surface area contributed by atoms with Crippen LogP contribution in [0.15, 0.2) is 0 Å². The zero-order chi connectivity index (χ0) is 22.3. The summed E-state index contributed by atoms with van der Waals surface area (Å²) >= 11 is 0. The van der Waals surface area contributed by atoms with E-state index in [1.165, 1.54) is 52.4 Å². The molecule has 0 aromatic rings. The van der Waals surface area contributed by atoms with E-state index in [-0.39, 0.29) is 84.8 Å². The minimum Gasteiger partial charge on any atom is -0.359 e. The largest absolute Gasteiger partial charge is 0.359 e. The molecule has 0 aromatic carbocycles. The van der Waals surface area contributed by atoms with Crippen LogP contribution in [0.5, 0.6) is 0 Å². The Balaban J connectivity index is -0.0000000133. The van der Waals surface area contributed by atoms with Crippen LogP contribution in [0, 0.1) is 0 Å². The summed E-state index contributed by atoms with van der Waals surface area (Å²) in [5.74, 6) is -0.125. The van der Waals surface area contributed by atoms with E-state index in [2.05, 4.69) is 46.6 Å². The van der Waals surface area contributed by atoms with Gasteiger partial charge in [-0.25, -0.2) is 0 Å². The molecule has 0 saturated carbocycles. The molecule has 0 fully saturated rings. The molecule has 0 atom stereocenters. The minimum absolute atomic E-state index is 0. The van der Waals surface area contributed by atoms with Gasteiger partial charge in [0.05, 0.1) is 6.42 Å². The summed E-state index contributed by atoms with van der Waals surface area (Å²) in [4.78, 5) is 20.1. The summed E-state index contributed by atoms with van der Waals surface area (Å²) in [5, 5.41) is 0. The molecule has 36 heavy (non-hydrogen) atoms. The van der Waals surface area contributed by atoms with Crippen molar-refractivity contribution in [2.75, 3.05) is 42.0 Å². The predicted molar refractivity (Wildman–Crippen MR) is 175 cm³/mol. The monoisotopic (exact) mass is 541 g/mol. The molecule has 0 aliphatic heterocycles. The van der Waals surface area contributed by atoms with Gasteiger partial charge < -0.3 is 18.9 Å². The molecular weight excluding hydrogens is 456 g/mol. The molecule has 0 aromatic heterocycles. The van der Waals surface area contributed by atoms with Crippen molar-refractivity contribution < 1.29 is 28.5 Å². The summed E-state index contributed by atoms with van der Waals surface area (Å²) in [6.45, 7) is 12.4. The number of carbonyl (C=O) groups excluding carboxylic acids is 2. The number of Topliss-reactive ketones (excluding diaryl/α,β-unsaturated/α-hetero) is 2. The van der Waals surface area contributed by atoms with Crippen LogP contribution in [-0.2, 0) is 28.5 Å². The lowest BCUT2D eigenvalue weighted by molar-refractivity contribution is -0.124. The topological polar surface area (TPSA) is 71.1 Å². The van der Waals surface area contributed by atoms with Crippen molar-refractivity contribution in [2.24, 2.45) is 0 Å². The fourth-order valence-electron chi connectivity index (χ4n) is 1.29. The normalized spacial score (nSPS) is 6.28. The minimum atomic E-state index is -0.0625. The molecule has 0 rings (SSSR count). The van der Waals surface area contributed by atoms with Gasteiger partial charge in [-0.05, 0) is 13.8 Å². The van der Waals surface area contributed by atoms with Gasteiger partial charge in [-0.2, -0.15) is 0 Å². The second kappa shape index (κ2) is 114. The molecule has 0 unspecified atom stereocenters. The van der Waals surface area contributed by atoms with Crippen LogP contribution >= 0.6 is 0 Å². The van der Waals surface area contributed by atoms with Crippen molar-refractivity contribution in [3.05, 3.63) is 0 Å². The van der Waals surface area contributed by atoms with Crippen molar-refractivity contribution in [2.45, 2.75) is 153 Å². The Morgan fingerprint density at radius 1 is 0.444 bits per heavy atom. The third kappa shape index (κ3) is 275. The molecule has 0 bridgehead atoms. The van der Waals surface area contributed by atoms with E-state index >= 15 is 0 Å². The van der Waals surface area contributed by atoms with Crippen LogP contribution in [0.3, 0.4) is 0 Å². The van der Waals surface area contributed by atoms with Gasteiger partial charge in [0.1, 0.15) is 25.2 Å². The molecule has 0 spiro atoms. The number of rotatable bonds is 10. The molecule has 0 aliphatic carbocycles. The molecule has 240 valence electrons. The van der Waals surface area contributed by atoms with Crippen molar-refractivity contribution >= 4 is 11.6 Å². The first-order valence-corrected chi connectivity index (χ1v) is 9.73. The maximum Gasteiger partial charge on any atom is 0.145 e. The van der Waals surface area contributed by atoms with Crippen molar-refractivity contribution in [1.82, 2.24) is 0 Å². The number of ether oxygens (including phenoxy) is 4. The van der Waals surface area contributed by atoms with E-state index in [0.29, 0.717) is 13.6 Å². The molecule has 0 heterocycles. The second-order valence-electron chi connectivity index (χ2n) is 5.68. The Labute approximate surface area is 235 Å². The van der Waals surface area contributed by atoms with E-state index in [4.69, 9.17) is 0 Å².